The molecule has 0 fully saturated rings. The van der Waals surface area contributed by atoms with Crippen LogP contribution in [-0.4, -0.2) is 0 Å². The number of allylic oxidation sites excluding steroid dienone is 14. The van der Waals surface area contributed by atoms with Crippen LogP contribution in [0.1, 0.15) is 78.1 Å². The lowest BCUT2D eigenvalue weighted by Gasteiger charge is -1.88. The highest BCUT2D eigenvalue weighted by Gasteiger charge is 1.78. The Morgan fingerprint density at radius 2 is 0.654 bits per heavy atom. The van der Waals surface area contributed by atoms with Gasteiger partial charge in [0.05, 0.1) is 0 Å². The molecule has 0 heteroatoms. The monoisotopic (exact) mass is 352 g/mol. The van der Waals surface area contributed by atoms with Gasteiger partial charge in [-0.25, -0.2) is 0 Å². The molecule has 0 bridgehead atoms. The first-order valence-corrected chi connectivity index (χ1v) is 10.5. The van der Waals surface area contributed by atoms with Crippen molar-refractivity contribution in [2.24, 2.45) is 0 Å². The van der Waals surface area contributed by atoms with Gasteiger partial charge in [0, 0.05) is 0 Å². The molecule has 0 nitrogen and oxygen atoms in total. The van der Waals surface area contributed by atoms with Crippen LogP contribution in [0, 0.1) is 0 Å². The van der Waals surface area contributed by atoms with E-state index in [2.05, 4.69) is 98.9 Å². The minimum atomic E-state index is 1.03. The molecule has 0 saturated carbocycles. The minimum Gasteiger partial charge on any atom is -0.0885 e. The summed E-state index contributed by atoms with van der Waals surface area (Å²) in [5.41, 5.74) is 0. The lowest BCUT2D eigenvalue weighted by molar-refractivity contribution is 0.943. The molecule has 0 heterocycles. The number of hydrogen-bond acceptors (Lipinski definition) is 0. The molecule has 0 saturated heterocycles. The molecule has 26 heavy (non-hydrogen) atoms. The highest BCUT2D eigenvalue weighted by molar-refractivity contribution is 5.01. The zero-order valence-electron chi connectivity index (χ0n) is 17.2. The van der Waals surface area contributed by atoms with Crippen molar-refractivity contribution >= 4 is 0 Å². The number of rotatable bonds is 16. The molecular weight excluding hydrogens is 312 g/mol. The molecular formula is C26H40. The van der Waals surface area contributed by atoms with Gasteiger partial charge in [-0.1, -0.05) is 105 Å². The van der Waals surface area contributed by atoms with Crippen molar-refractivity contribution in [2.45, 2.75) is 78.1 Å². The predicted molar refractivity (Wildman–Crippen MR) is 121 cm³/mol. The maximum Gasteiger partial charge on any atom is -0.0169 e. The average Bonchev–Trinajstić information content (AvgIpc) is 2.66. The maximum atomic E-state index is 2.30. The Bertz CT molecular complexity index is 466. The molecule has 0 aromatic heterocycles. The van der Waals surface area contributed by atoms with Crippen LogP contribution in [0.15, 0.2) is 85.1 Å². The van der Waals surface area contributed by atoms with Gasteiger partial charge in [-0.05, 0) is 57.8 Å². The quantitative estimate of drug-likeness (QED) is 0.192. The van der Waals surface area contributed by atoms with Crippen molar-refractivity contribution in [3.05, 3.63) is 85.1 Å². The van der Waals surface area contributed by atoms with Gasteiger partial charge in [0.15, 0.2) is 0 Å². The molecule has 0 aromatic carbocycles. The van der Waals surface area contributed by atoms with Gasteiger partial charge in [-0.3, -0.25) is 0 Å². The van der Waals surface area contributed by atoms with E-state index >= 15 is 0 Å². The third kappa shape index (κ3) is 22.2. The minimum absolute atomic E-state index is 1.03. The summed E-state index contributed by atoms with van der Waals surface area (Å²) in [7, 11) is 0. The Labute approximate surface area is 163 Å². The Kier molecular flexibility index (Phi) is 21.6. The fourth-order valence-electron chi connectivity index (χ4n) is 2.23. The van der Waals surface area contributed by atoms with Crippen molar-refractivity contribution in [3.8, 4) is 0 Å². The van der Waals surface area contributed by atoms with E-state index in [-0.39, 0.29) is 0 Å². The molecule has 0 aliphatic heterocycles. The van der Waals surface area contributed by atoms with Crippen molar-refractivity contribution in [3.63, 3.8) is 0 Å². The van der Waals surface area contributed by atoms with Gasteiger partial charge >= 0.3 is 0 Å². The molecule has 0 aromatic rings. The van der Waals surface area contributed by atoms with Crippen molar-refractivity contribution in [2.75, 3.05) is 0 Å². The first-order chi connectivity index (χ1) is 12.9. The molecule has 0 aliphatic carbocycles. The molecule has 0 amide bonds. The second-order valence-corrected chi connectivity index (χ2v) is 6.25. The van der Waals surface area contributed by atoms with Crippen LogP contribution in [0.3, 0.4) is 0 Å². The summed E-state index contributed by atoms with van der Waals surface area (Å²) in [6.45, 7) is 4.38. The van der Waals surface area contributed by atoms with Crippen LogP contribution in [0.2, 0.25) is 0 Å². The van der Waals surface area contributed by atoms with Crippen LogP contribution in [0.5, 0.6) is 0 Å². The zero-order chi connectivity index (χ0) is 19.0. The molecule has 0 rings (SSSR count). The summed E-state index contributed by atoms with van der Waals surface area (Å²) in [4.78, 5) is 0. The van der Waals surface area contributed by atoms with E-state index in [0.29, 0.717) is 0 Å². The van der Waals surface area contributed by atoms with Crippen molar-refractivity contribution in [1.82, 2.24) is 0 Å². The molecule has 0 unspecified atom stereocenters. The Morgan fingerprint density at radius 3 is 1.04 bits per heavy atom. The van der Waals surface area contributed by atoms with Crippen LogP contribution < -0.4 is 0 Å². The second kappa shape index (κ2) is 23.2. The van der Waals surface area contributed by atoms with Crippen LogP contribution >= 0.6 is 0 Å². The predicted octanol–water partition coefficient (Wildman–Crippen LogP) is 8.82. The lowest BCUT2D eigenvalue weighted by Crippen LogP contribution is -1.67. The molecule has 0 atom stereocenters. The van der Waals surface area contributed by atoms with E-state index in [4.69, 9.17) is 0 Å². The van der Waals surface area contributed by atoms with Gasteiger partial charge in [0.2, 0.25) is 0 Å². The molecule has 0 spiro atoms. The lowest BCUT2D eigenvalue weighted by atomic mass is 10.2. The summed E-state index contributed by atoms with van der Waals surface area (Å²) in [5, 5.41) is 0. The van der Waals surface area contributed by atoms with E-state index in [0.717, 1.165) is 44.9 Å². The fraction of sp³-hybridized carbons (Fsp3) is 0.462. The highest BCUT2D eigenvalue weighted by Crippen LogP contribution is 1.99. The third-order valence-corrected chi connectivity index (χ3v) is 3.72. The number of unbranched alkanes of at least 4 members (excludes halogenated alkanes) is 2. The van der Waals surface area contributed by atoms with Crippen LogP contribution in [-0.2, 0) is 0 Å². The Morgan fingerprint density at radius 1 is 0.346 bits per heavy atom. The van der Waals surface area contributed by atoms with Gasteiger partial charge in [-0.15, -0.1) is 0 Å². The van der Waals surface area contributed by atoms with Crippen LogP contribution in [0.25, 0.3) is 0 Å². The first kappa shape index (κ1) is 24.2. The first-order valence-electron chi connectivity index (χ1n) is 10.5. The SMILES string of the molecule is CC/C=C\C/C=C\C/C=C\C/C=C\C/C=C\C/C=C\CCC=CCCC. The summed E-state index contributed by atoms with van der Waals surface area (Å²) in [6.07, 6.45) is 42.6. The molecule has 0 radical (unpaired) electrons. The second-order valence-electron chi connectivity index (χ2n) is 6.25. The van der Waals surface area contributed by atoms with E-state index in [1.54, 1.807) is 0 Å². The largest absolute Gasteiger partial charge is 0.0885 e. The normalized spacial score (nSPS) is 13.5. The van der Waals surface area contributed by atoms with Gasteiger partial charge in [0.1, 0.15) is 0 Å². The average molecular weight is 353 g/mol. The van der Waals surface area contributed by atoms with Gasteiger partial charge in [-0.2, -0.15) is 0 Å². The topological polar surface area (TPSA) is 0 Å². The summed E-state index contributed by atoms with van der Waals surface area (Å²) in [5.74, 6) is 0. The van der Waals surface area contributed by atoms with Crippen molar-refractivity contribution in [1.29, 1.82) is 0 Å². The molecule has 0 N–H and O–H groups in total. The highest BCUT2D eigenvalue weighted by atomic mass is 13.8. The van der Waals surface area contributed by atoms with Gasteiger partial charge in [0.25, 0.3) is 0 Å². The van der Waals surface area contributed by atoms with Gasteiger partial charge < -0.3 is 0 Å². The Hall–Kier alpha value is -1.82. The van der Waals surface area contributed by atoms with E-state index in [9.17, 15) is 0 Å². The van der Waals surface area contributed by atoms with E-state index in [1.807, 2.05) is 0 Å². The summed E-state index contributed by atoms with van der Waals surface area (Å²) < 4.78 is 0. The summed E-state index contributed by atoms with van der Waals surface area (Å²) >= 11 is 0. The third-order valence-electron chi connectivity index (χ3n) is 3.72. The standard InChI is InChI=1S/C26H40/c1-3-5-7-9-11-13-15-17-19-21-23-25-26-24-22-20-18-16-14-12-10-8-6-4-2/h5,7-8,10-11,13,16-19,22-25H,3-4,6,9,12,14-15,20-21,26H2,1-2H3/b7-5-,10-8?,13-11-,18-16-,19-17-,24-22-,25-23-. The molecule has 0 aliphatic rings. The smallest absolute Gasteiger partial charge is 0.0169 e. The maximum absolute atomic E-state index is 2.30. The Balaban J connectivity index is 3.50. The zero-order valence-corrected chi connectivity index (χ0v) is 17.2. The van der Waals surface area contributed by atoms with E-state index in [1.165, 1.54) is 19.3 Å². The van der Waals surface area contributed by atoms with Crippen LogP contribution in [0.4, 0.5) is 0 Å². The summed E-state index contributed by atoms with van der Waals surface area (Å²) in [6, 6.07) is 0. The van der Waals surface area contributed by atoms with Crippen molar-refractivity contribution < 1.29 is 0 Å². The fourth-order valence-corrected chi connectivity index (χ4v) is 2.23. The number of hydrogen-bond donors (Lipinski definition) is 0. The molecule has 144 valence electrons. The van der Waals surface area contributed by atoms with E-state index < -0.39 is 0 Å².